The van der Waals surface area contributed by atoms with E-state index >= 15 is 0 Å². The Morgan fingerprint density at radius 2 is 1.87 bits per heavy atom. The van der Waals surface area contributed by atoms with Crippen LogP contribution in [0.1, 0.15) is 40.9 Å². The first-order valence-corrected chi connectivity index (χ1v) is 10.9. The van der Waals surface area contributed by atoms with Gasteiger partial charge in [0, 0.05) is 23.2 Å². The molecule has 3 aromatic rings. The number of hydrogen-bond acceptors (Lipinski definition) is 4. The van der Waals surface area contributed by atoms with Crippen molar-refractivity contribution in [2.45, 2.75) is 38.8 Å². The Bertz CT molecular complexity index is 1080. The first-order valence-electron chi connectivity index (χ1n) is 10.9. The summed E-state index contributed by atoms with van der Waals surface area (Å²) in [5.41, 5.74) is 3.51. The summed E-state index contributed by atoms with van der Waals surface area (Å²) in [4.78, 5) is 16.0. The van der Waals surface area contributed by atoms with Crippen molar-refractivity contribution in [2.75, 3.05) is 26.7 Å². The van der Waals surface area contributed by atoms with E-state index in [1.165, 1.54) is 19.3 Å². The Kier molecular flexibility index (Phi) is 4.99. The number of aromatic nitrogens is 1. The minimum Gasteiger partial charge on any atom is -0.497 e. The summed E-state index contributed by atoms with van der Waals surface area (Å²) in [6, 6.07) is 13.4. The molecule has 1 unspecified atom stereocenters. The molecule has 0 bridgehead atoms. The van der Waals surface area contributed by atoms with Gasteiger partial charge in [0.1, 0.15) is 17.6 Å². The van der Waals surface area contributed by atoms with Crippen molar-refractivity contribution in [3.63, 3.8) is 0 Å². The first-order chi connectivity index (χ1) is 14.7. The van der Waals surface area contributed by atoms with Crippen LogP contribution < -0.4 is 9.47 Å². The van der Waals surface area contributed by atoms with E-state index in [4.69, 9.17) is 9.47 Å². The highest BCUT2D eigenvalue weighted by Crippen LogP contribution is 2.37. The third-order valence-electron chi connectivity index (χ3n) is 6.47. The lowest BCUT2D eigenvalue weighted by Gasteiger charge is -2.33. The number of carbonyl (C=O) groups is 1. The summed E-state index contributed by atoms with van der Waals surface area (Å²) in [7, 11) is 1.63. The van der Waals surface area contributed by atoms with Crippen LogP contribution in [0.5, 0.6) is 11.5 Å². The lowest BCUT2D eigenvalue weighted by Crippen LogP contribution is -2.42. The predicted octanol–water partition coefficient (Wildman–Crippen LogP) is 4.44. The summed E-state index contributed by atoms with van der Waals surface area (Å²) < 4.78 is 13.9. The molecule has 156 valence electrons. The Balaban J connectivity index is 1.50. The lowest BCUT2D eigenvalue weighted by atomic mass is 10.0. The van der Waals surface area contributed by atoms with Crippen LogP contribution in [0.4, 0.5) is 0 Å². The minimum absolute atomic E-state index is 0.0468. The standard InChI is InChI=1S/C25H28N2O3/c1-17-23(25(28)18-9-11-19(29-2)12-10-18)21-7-6-8-22-24(21)27(17)16-20(30-22)15-26-13-4-3-5-14-26/h6-12,20H,3-5,13-16H2,1-2H3. The SMILES string of the molecule is COc1ccc(C(=O)c2c(C)n3c4c(cccc24)OC(CN2CCCCC2)C3)cc1. The molecule has 5 rings (SSSR count). The second-order valence-electron chi connectivity index (χ2n) is 8.38. The molecule has 0 aliphatic carbocycles. The average molecular weight is 405 g/mol. The van der Waals surface area contributed by atoms with Crippen molar-refractivity contribution < 1.29 is 14.3 Å². The zero-order valence-corrected chi connectivity index (χ0v) is 17.7. The maximum Gasteiger partial charge on any atom is 0.195 e. The molecule has 0 radical (unpaired) electrons. The Morgan fingerprint density at radius 3 is 2.60 bits per heavy atom. The van der Waals surface area contributed by atoms with Gasteiger partial charge < -0.3 is 14.0 Å². The number of rotatable bonds is 5. The summed E-state index contributed by atoms with van der Waals surface area (Å²) >= 11 is 0. The number of hydrogen-bond donors (Lipinski definition) is 0. The number of benzene rings is 2. The highest BCUT2D eigenvalue weighted by molar-refractivity contribution is 6.18. The van der Waals surface area contributed by atoms with E-state index in [0.29, 0.717) is 5.56 Å². The zero-order chi connectivity index (χ0) is 20.7. The van der Waals surface area contributed by atoms with Crippen molar-refractivity contribution in [3.05, 3.63) is 59.3 Å². The van der Waals surface area contributed by atoms with Gasteiger partial charge in [0.05, 0.1) is 24.7 Å². The largest absolute Gasteiger partial charge is 0.497 e. The molecule has 0 saturated carbocycles. The quantitative estimate of drug-likeness (QED) is 0.590. The fourth-order valence-electron chi connectivity index (χ4n) is 4.94. The molecule has 0 N–H and O–H groups in total. The summed E-state index contributed by atoms with van der Waals surface area (Å²) in [6.45, 7) is 6.09. The van der Waals surface area contributed by atoms with Crippen LogP contribution in [0, 0.1) is 6.92 Å². The average Bonchev–Trinajstić information content (AvgIpc) is 3.07. The molecule has 2 aliphatic heterocycles. The topological polar surface area (TPSA) is 43.7 Å². The molecular weight excluding hydrogens is 376 g/mol. The van der Waals surface area contributed by atoms with Crippen LogP contribution in [-0.2, 0) is 6.54 Å². The van der Waals surface area contributed by atoms with E-state index in [1.54, 1.807) is 7.11 Å². The van der Waals surface area contributed by atoms with E-state index in [-0.39, 0.29) is 11.9 Å². The van der Waals surface area contributed by atoms with Crippen molar-refractivity contribution in [1.29, 1.82) is 0 Å². The van der Waals surface area contributed by atoms with Crippen molar-refractivity contribution in [1.82, 2.24) is 9.47 Å². The monoisotopic (exact) mass is 404 g/mol. The fraction of sp³-hybridized carbons (Fsp3) is 0.400. The number of ketones is 1. The Morgan fingerprint density at radius 1 is 1.10 bits per heavy atom. The molecule has 5 heteroatoms. The highest BCUT2D eigenvalue weighted by Gasteiger charge is 2.30. The fourth-order valence-corrected chi connectivity index (χ4v) is 4.94. The number of likely N-dealkylation sites (tertiary alicyclic amines) is 1. The summed E-state index contributed by atoms with van der Waals surface area (Å²) in [5, 5.41) is 0.974. The first kappa shape index (κ1) is 19.2. The summed E-state index contributed by atoms with van der Waals surface area (Å²) in [5.74, 6) is 1.68. The molecule has 1 saturated heterocycles. The summed E-state index contributed by atoms with van der Waals surface area (Å²) in [6.07, 6.45) is 3.99. The van der Waals surface area contributed by atoms with Crippen LogP contribution in [0.2, 0.25) is 0 Å². The third-order valence-corrected chi connectivity index (χ3v) is 6.47. The maximum atomic E-state index is 13.4. The molecule has 3 heterocycles. The maximum absolute atomic E-state index is 13.4. The number of nitrogens with zero attached hydrogens (tertiary/aromatic N) is 2. The zero-order valence-electron chi connectivity index (χ0n) is 17.7. The molecular formula is C25H28N2O3. The number of para-hydroxylation sites is 1. The van der Waals surface area contributed by atoms with E-state index < -0.39 is 0 Å². The molecule has 2 aromatic carbocycles. The third kappa shape index (κ3) is 3.27. The van der Waals surface area contributed by atoms with E-state index in [2.05, 4.69) is 16.4 Å². The van der Waals surface area contributed by atoms with Gasteiger partial charge in [-0.2, -0.15) is 0 Å². The van der Waals surface area contributed by atoms with Gasteiger partial charge in [0.25, 0.3) is 0 Å². The normalized spacial score (nSPS) is 18.9. The predicted molar refractivity (Wildman–Crippen MR) is 118 cm³/mol. The van der Waals surface area contributed by atoms with Gasteiger partial charge in [-0.05, 0) is 63.2 Å². The van der Waals surface area contributed by atoms with Crippen LogP contribution >= 0.6 is 0 Å². The molecule has 5 nitrogen and oxygen atoms in total. The Hall–Kier alpha value is -2.79. The van der Waals surface area contributed by atoms with Gasteiger partial charge in [-0.15, -0.1) is 0 Å². The van der Waals surface area contributed by atoms with Crippen LogP contribution in [0.25, 0.3) is 10.9 Å². The van der Waals surface area contributed by atoms with Crippen molar-refractivity contribution in [2.24, 2.45) is 0 Å². The van der Waals surface area contributed by atoms with Gasteiger partial charge in [-0.25, -0.2) is 0 Å². The molecule has 30 heavy (non-hydrogen) atoms. The smallest absolute Gasteiger partial charge is 0.195 e. The molecule has 1 fully saturated rings. The van der Waals surface area contributed by atoms with Gasteiger partial charge in [-0.3, -0.25) is 9.69 Å². The van der Waals surface area contributed by atoms with Gasteiger partial charge in [0.15, 0.2) is 5.78 Å². The molecule has 0 amide bonds. The Labute approximate surface area is 177 Å². The van der Waals surface area contributed by atoms with Gasteiger partial charge in [0.2, 0.25) is 0 Å². The number of ether oxygens (including phenoxy) is 2. The lowest BCUT2D eigenvalue weighted by molar-refractivity contribution is 0.0999. The highest BCUT2D eigenvalue weighted by atomic mass is 16.5. The molecule has 0 spiro atoms. The molecule has 2 aliphatic rings. The number of piperidine rings is 1. The molecule has 1 atom stereocenters. The minimum atomic E-state index is 0.0468. The van der Waals surface area contributed by atoms with Crippen molar-refractivity contribution in [3.8, 4) is 11.5 Å². The number of carbonyl (C=O) groups excluding carboxylic acids is 1. The van der Waals surface area contributed by atoms with E-state index in [9.17, 15) is 4.79 Å². The van der Waals surface area contributed by atoms with E-state index in [0.717, 1.165) is 59.8 Å². The second-order valence-corrected chi connectivity index (χ2v) is 8.38. The number of methoxy groups -OCH3 is 1. The second kappa shape index (κ2) is 7.80. The van der Waals surface area contributed by atoms with Crippen LogP contribution in [0.15, 0.2) is 42.5 Å². The van der Waals surface area contributed by atoms with Gasteiger partial charge >= 0.3 is 0 Å². The molecule has 1 aromatic heterocycles. The van der Waals surface area contributed by atoms with Crippen LogP contribution in [-0.4, -0.2) is 48.1 Å². The van der Waals surface area contributed by atoms with Crippen molar-refractivity contribution >= 4 is 16.7 Å². The van der Waals surface area contributed by atoms with E-state index in [1.807, 2.05) is 42.5 Å². The van der Waals surface area contributed by atoms with Crippen LogP contribution in [0.3, 0.4) is 0 Å². The van der Waals surface area contributed by atoms with Gasteiger partial charge in [-0.1, -0.05) is 18.6 Å².